The number of carbonyl (C=O) groups is 1. The predicted molar refractivity (Wildman–Crippen MR) is 50.8 cm³/mol. The Bertz CT molecular complexity index is 406. The van der Waals surface area contributed by atoms with E-state index in [4.69, 9.17) is 15.2 Å². The van der Waals surface area contributed by atoms with Crippen LogP contribution in [0, 0.1) is 5.82 Å². The lowest BCUT2D eigenvalue weighted by Gasteiger charge is -2.19. The van der Waals surface area contributed by atoms with Gasteiger partial charge in [0.1, 0.15) is 13.2 Å². The summed E-state index contributed by atoms with van der Waals surface area (Å²) in [6, 6.07) is 2.87. The lowest BCUT2D eigenvalue weighted by Crippen LogP contribution is -2.19. The van der Waals surface area contributed by atoms with Crippen LogP contribution >= 0.6 is 0 Å². The summed E-state index contributed by atoms with van der Waals surface area (Å²) in [5.41, 5.74) is 5.11. The molecule has 5 heteroatoms. The molecule has 1 aromatic carbocycles. The van der Waals surface area contributed by atoms with Gasteiger partial charge in [0.05, 0.1) is 12.1 Å². The minimum absolute atomic E-state index is 0.000509. The van der Waals surface area contributed by atoms with Crippen LogP contribution in [0.25, 0.3) is 0 Å². The fourth-order valence-electron chi connectivity index (χ4n) is 1.41. The van der Waals surface area contributed by atoms with E-state index in [2.05, 4.69) is 0 Å². The van der Waals surface area contributed by atoms with E-state index < -0.39 is 11.6 Å². The number of benzene rings is 1. The summed E-state index contributed by atoms with van der Waals surface area (Å²) in [6.07, 6.45) is 0. The van der Waals surface area contributed by atoms with Crippen molar-refractivity contribution in [2.75, 3.05) is 19.8 Å². The molecule has 0 radical (unpaired) electrons. The van der Waals surface area contributed by atoms with Gasteiger partial charge in [-0.1, -0.05) is 0 Å². The van der Waals surface area contributed by atoms with Crippen molar-refractivity contribution in [3.63, 3.8) is 0 Å². The van der Waals surface area contributed by atoms with E-state index in [1.165, 1.54) is 12.1 Å². The summed E-state index contributed by atoms with van der Waals surface area (Å²) in [6.45, 7) is 0.442. The molecule has 0 amide bonds. The van der Waals surface area contributed by atoms with Crippen molar-refractivity contribution < 1.29 is 18.7 Å². The molecule has 15 heavy (non-hydrogen) atoms. The van der Waals surface area contributed by atoms with Crippen molar-refractivity contribution in [2.45, 2.75) is 0 Å². The Hall–Kier alpha value is -1.62. The zero-order valence-electron chi connectivity index (χ0n) is 7.96. The molecular formula is C10H10FNO3. The van der Waals surface area contributed by atoms with Gasteiger partial charge in [-0.15, -0.1) is 0 Å². The molecule has 80 valence electrons. The number of hydrogen-bond donors (Lipinski definition) is 1. The van der Waals surface area contributed by atoms with Crippen molar-refractivity contribution >= 4 is 5.78 Å². The van der Waals surface area contributed by atoms with E-state index >= 15 is 0 Å². The van der Waals surface area contributed by atoms with Crippen LogP contribution in [0.2, 0.25) is 0 Å². The van der Waals surface area contributed by atoms with Crippen LogP contribution in [-0.2, 0) is 0 Å². The number of fused-ring (bicyclic) bond motifs is 1. The summed E-state index contributed by atoms with van der Waals surface area (Å²) in [4.78, 5) is 11.3. The molecule has 4 nitrogen and oxygen atoms in total. The lowest BCUT2D eigenvalue weighted by atomic mass is 10.1. The Balaban J connectivity index is 2.47. The molecular weight excluding hydrogens is 201 g/mol. The summed E-state index contributed by atoms with van der Waals surface area (Å²) in [5.74, 6) is -0.819. The Morgan fingerprint density at radius 1 is 1.40 bits per heavy atom. The van der Waals surface area contributed by atoms with Crippen molar-refractivity contribution in [3.8, 4) is 11.5 Å². The van der Waals surface area contributed by atoms with Crippen LogP contribution < -0.4 is 15.2 Å². The minimum Gasteiger partial charge on any atom is -0.486 e. The second-order valence-corrected chi connectivity index (χ2v) is 3.08. The second kappa shape index (κ2) is 3.86. The van der Waals surface area contributed by atoms with Crippen molar-refractivity contribution in [1.82, 2.24) is 0 Å². The third-order valence-corrected chi connectivity index (χ3v) is 2.13. The summed E-state index contributed by atoms with van der Waals surface area (Å²) in [7, 11) is 0. The van der Waals surface area contributed by atoms with Crippen molar-refractivity contribution in [2.24, 2.45) is 5.73 Å². The normalized spacial score (nSPS) is 13.7. The van der Waals surface area contributed by atoms with Gasteiger partial charge in [0, 0.05) is 0 Å². The molecule has 0 saturated heterocycles. The number of rotatable bonds is 2. The first-order valence-electron chi connectivity index (χ1n) is 4.55. The predicted octanol–water partition coefficient (Wildman–Crippen LogP) is 0.738. The van der Waals surface area contributed by atoms with Gasteiger partial charge in [-0.05, 0) is 12.1 Å². The monoisotopic (exact) mass is 211 g/mol. The molecule has 0 saturated carbocycles. The van der Waals surface area contributed by atoms with Crippen molar-refractivity contribution in [1.29, 1.82) is 0 Å². The highest BCUT2D eigenvalue weighted by molar-refractivity contribution is 5.98. The van der Waals surface area contributed by atoms with Crippen molar-refractivity contribution in [3.05, 3.63) is 23.5 Å². The molecule has 1 aliphatic heterocycles. The molecule has 0 spiro atoms. The van der Waals surface area contributed by atoms with Gasteiger partial charge >= 0.3 is 0 Å². The smallest absolute Gasteiger partial charge is 0.197 e. The first-order chi connectivity index (χ1) is 7.24. The quantitative estimate of drug-likeness (QED) is 0.733. The van der Waals surface area contributed by atoms with E-state index in [1.54, 1.807) is 0 Å². The average molecular weight is 211 g/mol. The van der Waals surface area contributed by atoms with Gasteiger partial charge in [-0.2, -0.15) is 0 Å². The Morgan fingerprint density at radius 3 is 2.87 bits per heavy atom. The van der Waals surface area contributed by atoms with E-state index in [9.17, 15) is 9.18 Å². The number of ketones is 1. The second-order valence-electron chi connectivity index (χ2n) is 3.08. The van der Waals surface area contributed by atoms with E-state index in [-0.39, 0.29) is 24.5 Å². The zero-order chi connectivity index (χ0) is 10.8. The molecule has 0 bridgehead atoms. The largest absolute Gasteiger partial charge is 0.486 e. The van der Waals surface area contributed by atoms with Crippen LogP contribution in [0.15, 0.2) is 12.1 Å². The van der Waals surface area contributed by atoms with Gasteiger partial charge in [-0.3, -0.25) is 4.79 Å². The van der Waals surface area contributed by atoms with E-state index in [0.29, 0.717) is 12.4 Å². The van der Waals surface area contributed by atoms with Crippen LogP contribution in [0.4, 0.5) is 4.39 Å². The number of hydrogen-bond acceptors (Lipinski definition) is 4. The summed E-state index contributed by atoms with van der Waals surface area (Å²) >= 11 is 0. The maximum Gasteiger partial charge on any atom is 0.197 e. The molecule has 2 rings (SSSR count). The zero-order valence-corrected chi connectivity index (χ0v) is 7.96. The van der Waals surface area contributed by atoms with E-state index in [1.807, 2.05) is 0 Å². The van der Waals surface area contributed by atoms with Crippen LogP contribution in [-0.4, -0.2) is 25.5 Å². The van der Waals surface area contributed by atoms with Crippen LogP contribution in [0.3, 0.4) is 0 Å². The molecule has 2 N–H and O–H groups in total. The first kappa shape index (κ1) is 9.92. The molecule has 0 aliphatic carbocycles. The minimum atomic E-state index is -0.692. The van der Waals surface area contributed by atoms with Crippen LogP contribution in [0.5, 0.6) is 11.5 Å². The van der Waals surface area contributed by atoms with Gasteiger partial charge in [0.2, 0.25) is 0 Å². The molecule has 0 aromatic heterocycles. The van der Waals surface area contributed by atoms with Gasteiger partial charge < -0.3 is 15.2 Å². The maximum atomic E-state index is 13.7. The highest BCUT2D eigenvalue weighted by Gasteiger charge is 2.21. The van der Waals surface area contributed by atoms with Gasteiger partial charge in [0.25, 0.3) is 0 Å². The third kappa shape index (κ3) is 1.66. The molecule has 0 unspecified atom stereocenters. The molecule has 0 fully saturated rings. The third-order valence-electron chi connectivity index (χ3n) is 2.13. The van der Waals surface area contributed by atoms with Gasteiger partial charge in [-0.25, -0.2) is 4.39 Å². The summed E-state index contributed by atoms with van der Waals surface area (Å²) in [5, 5.41) is 0. The first-order valence-corrected chi connectivity index (χ1v) is 4.55. The number of carbonyl (C=O) groups excluding carboxylic acids is 1. The van der Waals surface area contributed by atoms with Crippen LogP contribution in [0.1, 0.15) is 10.4 Å². The summed E-state index contributed by atoms with van der Waals surface area (Å²) < 4.78 is 24.0. The highest BCUT2D eigenvalue weighted by atomic mass is 19.1. The fraction of sp³-hybridized carbons (Fsp3) is 0.300. The SMILES string of the molecule is NCC(=O)c1ccc2c(c1F)OCCO2. The Kier molecular flexibility index (Phi) is 2.55. The topological polar surface area (TPSA) is 61.6 Å². The highest BCUT2D eigenvalue weighted by Crippen LogP contribution is 2.34. The Labute approximate surface area is 85.8 Å². The maximum absolute atomic E-state index is 13.7. The molecule has 1 aromatic rings. The lowest BCUT2D eigenvalue weighted by molar-refractivity contribution is 0.0994. The molecule has 1 aliphatic rings. The number of nitrogens with two attached hydrogens (primary N) is 1. The van der Waals surface area contributed by atoms with E-state index in [0.717, 1.165) is 0 Å². The molecule has 0 atom stereocenters. The number of ether oxygens (including phenoxy) is 2. The van der Waals surface area contributed by atoms with Gasteiger partial charge in [0.15, 0.2) is 23.1 Å². The number of halogens is 1. The average Bonchev–Trinajstić information content (AvgIpc) is 2.29. The standard InChI is InChI=1S/C10H10FNO3/c11-9-6(7(13)5-12)1-2-8-10(9)15-4-3-14-8/h1-2H,3-5,12H2. The molecule has 1 heterocycles. The fourth-order valence-corrected chi connectivity index (χ4v) is 1.41. The Morgan fingerprint density at radius 2 is 2.13 bits per heavy atom. The number of Topliss-reactive ketones (excluding diaryl/α,β-unsaturated/α-hetero) is 1.